The van der Waals surface area contributed by atoms with E-state index in [-0.39, 0.29) is 13.0 Å². The highest BCUT2D eigenvalue weighted by Gasteiger charge is 2.25. The summed E-state index contributed by atoms with van der Waals surface area (Å²) in [6.07, 6.45) is -1.28. The Kier molecular flexibility index (Phi) is 7.77. The molecule has 0 aliphatic rings. The lowest BCUT2D eigenvalue weighted by Crippen LogP contribution is -2.42. The molecule has 0 aromatic heterocycles. The maximum absolute atomic E-state index is 11.6. The van der Waals surface area contributed by atoms with E-state index in [0.717, 1.165) is 0 Å². The van der Waals surface area contributed by atoms with Gasteiger partial charge in [0.05, 0.1) is 18.8 Å². The van der Waals surface area contributed by atoms with Gasteiger partial charge >= 0.3 is 17.9 Å². The van der Waals surface area contributed by atoms with E-state index >= 15 is 0 Å². The van der Waals surface area contributed by atoms with E-state index in [2.05, 4.69) is 4.74 Å². The number of carboxylic acids is 2. The molecule has 0 unspecified atom stereocenters. The van der Waals surface area contributed by atoms with Crippen molar-refractivity contribution < 1.29 is 37.8 Å². The number of hydrogen-bond donors (Lipinski definition) is 3. The molecule has 0 spiro atoms. The maximum atomic E-state index is 11.6. The van der Waals surface area contributed by atoms with Crippen LogP contribution in [-0.4, -0.2) is 54.9 Å². The number of ether oxygens (including phenoxy) is 1. The third-order valence-corrected chi connectivity index (χ3v) is 3.53. The Morgan fingerprint density at radius 3 is 2.25 bits per heavy atom. The van der Waals surface area contributed by atoms with Crippen molar-refractivity contribution in [1.82, 2.24) is 4.72 Å². The average molecular weight is 311 g/mol. The molecule has 20 heavy (non-hydrogen) atoms. The van der Waals surface area contributed by atoms with Crippen LogP contribution in [0.15, 0.2) is 0 Å². The van der Waals surface area contributed by atoms with Crippen molar-refractivity contribution in [2.45, 2.75) is 32.2 Å². The van der Waals surface area contributed by atoms with E-state index in [4.69, 9.17) is 10.2 Å². The van der Waals surface area contributed by atoms with Gasteiger partial charge in [-0.1, -0.05) is 0 Å². The first-order chi connectivity index (χ1) is 9.18. The molecule has 116 valence electrons. The summed E-state index contributed by atoms with van der Waals surface area (Å²) in [6, 6.07) is -1.54. The molecule has 1 atom stereocenters. The second kappa shape index (κ2) is 8.48. The lowest BCUT2D eigenvalue weighted by atomic mass is 10.2. The first-order valence-corrected chi connectivity index (χ1v) is 7.43. The number of carbonyl (C=O) groups excluding carboxylic acids is 1. The first-order valence-electron chi connectivity index (χ1n) is 5.78. The lowest BCUT2D eigenvalue weighted by Gasteiger charge is -2.13. The molecule has 0 aromatic carbocycles. The summed E-state index contributed by atoms with van der Waals surface area (Å²) in [5, 5.41) is 17.2. The number of rotatable bonds is 10. The topological polar surface area (TPSA) is 147 Å². The quantitative estimate of drug-likeness (QED) is 0.443. The highest BCUT2D eigenvalue weighted by atomic mass is 32.2. The van der Waals surface area contributed by atoms with Gasteiger partial charge in [0, 0.05) is 6.42 Å². The molecule has 0 aliphatic carbocycles. The van der Waals surface area contributed by atoms with Crippen LogP contribution < -0.4 is 4.72 Å². The Morgan fingerprint density at radius 2 is 1.80 bits per heavy atom. The molecule has 0 aromatic rings. The van der Waals surface area contributed by atoms with Gasteiger partial charge in [0.15, 0.2) is 0 Å². The summed E-state index contributed by atoms with van der Waals surface area (Å²) in [6.45, 7) is 1.68. The minimum Gasteiger partial charge on any atom is -0.481 e. The minimum absolute atomic E-state index is 0.114. The van der Waals surface area contributed by atoms with E-state index in [1.807, 2.05) is 4.72 Å². The molecule has 0 amide bonds. The monoisotopic (exact) mass is 311 g/mol. The molecule has 0 bridgehead atoms. The maximum Gasteiger partial charge on any atom is 0.321 e. The van der Waals surface area contributed by atoms with E-state index < -0.39 is 52.6 Å². The molecule has 0 saturated carbocycles. The van der Waals surface area contributed by atoms with Crippen molar-refractivity contribution in [3.63, 3.8) is 0 Å². The molecule has 10 heteroatoms. The highest BCUT2D eigenvalue weighted by molar-refractivity contribution is 7.89. The third-order valence-electron chi connectivity index (χ3n) is 2.15. The van der Waals surface area contributed by atoms with Gasteiger partial charge < -0.3 is 14.9 Å². The predicted octanol–water partition coefficient (Wildman–Crippen LogP) is -0.823. The van der Waals surface area contributed by atoms with E-state index in [0.29, 0.717) is 0 Å². The zero-order valence-electron chi connectivity index (χ0n) is 10.9. The molecular weight excluding hydrogens is 294 g/mol. The number of carboxylic acid groups (broad SMARTS) is 2. The standard InChI is InChI=1S/C10H17NO8S/c1-2-19-9(14)5-6-20(17,18)11-7(10(15)16)3-4-8(12)13/h7,11H,2-6H2,1H3,(H,12,13)(H,15,16)/t7-/m0/s1. The molecule has 0 aliphatic heterocycles. The number of esters is 1. The van der Waals surface area contributed by atoms with Crippen LogP contribution >= 0.6 is 0 Å². The molecule has 0 fully saturated rings. The highest BCUT2D eigenvalue weighted by Crippen LogP contribution is 2.02. The van der Waals surface area contributed by atoms with Crippen LogP contribution in [0.1, 0.15) is 26.2 Å². The third kappa shape index (κ3) is 8.43. The second-order valence-electron chi connectivity index (χ2n) is 3.81. The summed E-state index contributed by atoms with van der Waals surface area (Å²) in [4.78, 5) is 32.2. The van der Waals surface area contributed by atoms with Crippen molar-refractivity contribution in [3.8, 4) is 0 Å². The number of hydrogen-bond acceptors (Lipinski definition) is 6. The van der Waals surface area contributed by atoms with Crippen molar-refractivity contribution >= 4 is 27.9 Å². The van der Waals surface area contributed by atoms with Gasteiger partial charge in [-0.15, -0.1) is 0 Å². The van der Waals surface area contributed by atoms with Crippen LogP contribution in [0.4, 0.5) is 0 Å². The largest absolute Gasteiger partial charge is 0.481 e. The fourth-order valence-electron chi connectivity index (χ4n) is 1.23. The smallest absolute Gasteiger partial charge is 0.321 e. The van der Waals surface area contributed by atoms with E-state index in [9.17, 15) is 22.8 Å². The zero-order chi connectivity index (χ0) is 15.8. The van der Waals surface area contributed by atoms with Crippen LogP contribution in [0.3, 0.4) is 0 Å². The lowest BCUT2D eigenvalue weighted by molar-refractivity contribution is -0.143. The summed E-state index contributed by atoms with van der Waals surface area (Å²) in [5.41, 5.74) is 0. The van der Waals surface area contributed by atoms with Crippen molar-refractivity contribution in [2.24, 2.45) is 0 Å². The zero-order valence-corrected chi connectivity index (χ0v) is 11.7. The average Bonchev–Trinajstić information content (AvgIpc) is 2.32. The number of sulfonamides is 1. The summed E-state index contributed by atoms with van der Waals surface area (Å²) in [7, 11) is -4.01. The molecule has 3 N–H and O–H groups in total. The first kappa shape index (κ1) is 18.3. The second-order valence-corrected chi connectivity index (χ2v) is 5.69. The molecule has 0 heterocycles. The van der Waals surface area contributed by atoms with Gasteiger partial charge in [-0.2, -0.15) is 0 Å². The van der Waals surface area contributed by atoms with Gasteiger partial charge in [0.2, 0.25) is 10.0 Å². The summed E-state index contributed by atoms with van der Waals surface area (Å²) >= 11 is 0. The van der Waals surface area contributed by atoms with Crippen LogP contribution in [0, 0.1) is 0 Å². The minimum atomic E-state index is -4.01. The molecule has 9 nitrogen and oxygen atoms in total. The summed E-state index contributed by atoms with van der Waals surface area (Å²) < 4.78 is 29.5. The van der Waals surface area contributed by atoms with Crippen LogP contribution in [0.2, 0.25) is 0 Å². The van der Waals surface area contributed by atoms with Crippen LogP contribution in [0.25, 0.3) is 0 Å². The Bertz CT molecular complexity index is 458. The normalized spacial score (nSPS) is 12.7. The Hall–Kier alpha value is -1.68. The molecular formula is C10H17NO8S. The van der Waals surface area contributed by atoms with Crippen LogP contribution in [-0.2, 0) is 29.1 Å². The SMILES string of the molecule is CCOC(=O)CCS(=O)(=O)N[C@@H](CCC(=O)O)C(=O)O. The van der Waals surface area contributed by atoms with Gasteiger partial charge in [0.25, 0.3) is 0 Å². The van der Waals surface area contributed by atoms with E-state index in [1.165, 1.54) is 0 Å². The fraction of sp³-hybridized carbons (Fsp3) is 0.700. The Morgan fingerprint density at radius 1 is 1.20 bits per heavy atom. The van der Waals surface area contributed by atoms with Crippen molar-refractivity contribution in [2.75, 3.05) is 12.4 Å². The fourth-order valence-corrected chi connectivity index (χ4v) is 2.43. The van der Waals surface area contributed by atoms with E-state index in [1.54, 1.807) is 6.92 Å². The van der Waals surface area contributed by atoms with Crippen LogP contribution in [0.5, 0.6) is 0 Å². The van der Waals surface area contributed by atoms with Gasteiger partial charge in [-0.25, -0.2) is 13.1 Å². The Balaban J connectivity index is 4.48. The number of carbonyl (C=O) groups is 3. The van der Waals surface area contributed by atoms with Gasteiger partial charge in [0.1, 0.15) is 6.04 Å². The Labute approximate surface area is 116 Å². The molecule has 0 radical (unpaired) electrons. The predicted molar refractivity (Wildman–Crippen MR) is 66.5 cm³/mol. The summed E-state index contributed by atoms with van der Waals surface area (Å²) in [5.74, 6) is -4.05. The van der Waals surface area contributed by atoms with Crippen molar-refractivity contribution in [1.29, 1.82) is 0 Å². The number of nitrogens with one attached hydrogen (secondary N) is 1. The van der Waals surface area contributed by atoms with Crippen molar-refractivity contribution in [3.05, 3.63) is 0 Å². The molecule has 0 rings (SSSR count). The van der Waals surface area contributed by atoms with Gasteiger partial charge in [-0.05, 0) is 13.3 Å². The molecule has 0 saturated heterocycles. The number of aliphatic carboxylic acids is 2. The van der Waals surface area contributed by atoms with Gasteiger partial charge in [-0.3, -0.25) is 14.4 Å².